The lowest BCUT2D eigenvalue weighted by Crippen LogP contribution is -2.54. The Morgan fingerprint density at radius 2 is 1.65 bits per heavy atom. The number of hydrogen-bond donors (Lipinski definition) is 1. The summed E-state index contributed by atoms with van der Waals surface area (Å²) in [5.41, 5.74) is 4.30. The highest BCUT2D eigenvalue weighted by atomic mass is 35.5. The van der Waals surface area contributed by atoms with Crippen LogP contribution in [0.2, 0.25) is 10.0 Å². The van der Waals surface area contributed by atoms with Crippen LogP contribution in [0, 0.1) is 20.8 Å². The van der Waals surface area contributed by atoms with E-state index in [1.54, 1.807) is 31.2 Å². The maximum absolute atomic E-state index is 13.3. The van der Waals surface area contributed by atoms with Crippen LogP contribution in [0.1, 0.15) is 27.8 Å². The van der Waals surface area contributed by atoms with Crippen molar-refractivity contribution >= 4 is 52.8 Å². The predicted molar refractivity (Wildman–Crippen MR) is 143 cm³/mol. The van der Waals surface area contributed by atoms with Crippen LogP contribution in [0.5, 0.6) is 11.5 Å². The summed E-state index contributed by atoms with van der Waals surface area (Å²) in [5.74, 6) is -0.956. The zero-order chi connectivity index (χ0) is 26.9. The molecule has 0 atom stereocenters. The minimum Gasteiger partial charge on any atom is -0.493 e. The number of nitrogens with one attached hydrogen (secondary N) is 1. The SMILES string of the molecule is COc1cc(/C=C2\C(=O)NC(=O)N(c3cc(Cl)ccc3C)C2=O)cc(Cl)c1OCc1cc(C)cc(C)c1. The summed E-state index contributed by atoms with van der Waals surface area (Å²) < 4.78 is 11.4. The van der Waals surface area contributed by atoms with E-state index in [1.165, 1.54) is 19.3 Å². The molecule has 7 nitrogen and oxygen atoms in total. The van der Waals surface area contributed by atoms with Crippen molar-refractivity contribution in [1.82, 2.24) is 5.32 Å². The quantitative estimate of drug-likeness (QED) is 0.299. The first-order valence-electron chi connectivity index (χ1n) is 11.3. The average Bonchev–Trinajstić information content (AvgIpc) is 2.82. The van der Waals surface area contributed by atoms with Crippen LogP contribution in [0.25, 0.3) is 6.08 Å². The molecule has 3 aromatic rings. The van der Waals surface area contributed by atoms with E-state index in [0.29, 0.717) is 27.6 Å². The number of ether oxygens (including phenoxy) is 2. The molecular weight excluding hydrogens is 515 g/mol. The normalized spacial score (nSPS) is 14.7. The van der Waals surface area contributed by atoms with Crippen LogP contribution in [0.3, 0.4) is 0 Å². The molecule has 9 heteroatoms. The number of aryl methyl sites for hydroxylation is 3. The van der Waals surface area contributed by atoms with Gasteiger partial charge in [-0.05, 0) is 67.8 Å². The standard InChI is InChI=1S/C28H24Cl2N2O5/c1-15-7-16(2)9-19(8-15)14-37-25-22(30)11-18(12-24(25)36-4)10-21-26(33)31-28(35)32(27(21)34)23-13-20(29)6-5-17(23)3/h5-13H,14H2,1-4H3,(H,31,33,35)/b21-10+. The third-order valence-corrected chi connectivity index (χ3v) is 6.26. The Labute approximate surface area is 224 Å². The number of methoxy groups -OCH3 is 1. The minimum absolute atomic E-state index is 0.234. The van der Waals surface area contributed by atoms with Crippen molar-refractivity contribution in [2.24, 2.45) is 0 Å². The molecule has 0 bridgehead atoms. The van der Waals surface area contributed by atoms with Crippen molar-refractivity contribution in [3.63, 3.8) is 0 Å². The highest BCUT2D eigenvalue weighted by molar-refractivity contribution is 6.40. The minimum atomic E-state index is -0.858. The number of carbonyl (C=O) groups excluding carboxylic acids is 3. The molecule has 190 valence electrons. The van der Waals surface area contributed by atoms with Gasteiger partial charge in [0.15, 0.2) is 11.5 Å². The Morgan fingerprint density at radius 3 is 2.32 bits per heavy atom. The molecule has 0 saturated carbocycles. The third-order valence-electron chi connectivity index (χ3n) is 5.74. The molecule has 1 heterocycles. The van der Waals surface area contributed by atoms with Gasteiger partial charge in [0, 0.05) is 5.02 Å². The Hall–Kier alpha value is -3.81. The third kappa shape index (κ3) is 5.63. The molecule has 4 amide bonds. The second-order valence-electron chi connectivity index (χ2n) is 8.71. The maximum Gasteiger partial charge on any atom is 0.335 e. The molecule has 1 saturated heterocycles. The molecule has 1 fully saturated rings. The summed E-state index contributed by atoms with van der Waals surface area (Å²) in [7, 11) is 1.47. The van der Waals surface area contributed by atoms with Crippen LogP contribution in [0.15, 0.2) is 54.1 Å². The van der Waals surface area contributed by atoms with Crippen LogP contribution >= 0.6 is 23.2 Å². The zero-order valence-corrected chi connectivity index (χ0v) is 22.2. The molecule has 0 aliphatic carbocycles. The Kier molecular flexibility index (Phi) is 7.57. The molecule has 1 N–H and O–H groups in total. The van der Waals surface area contributed by atoms with Crippen LogP contribution in [0.4, 0.5) is 10.5 Å². The highest BCUT2D eigenvalue weighted by Crippen LogP contribution is 2.38. The van der Waals surface area contributed by atoms with E-state index in [2.05, 4.69) is 11.4 Å². The Balaban J connectivity index is 1.66. The number of benzene rings is 3. The van der Waals surface area contributed by atoms with Crippen molar-refractivity contribution < 1.29 is 23.9 Å². The first-order valence-corrected chi connectivity index (χ1v) is 12.1. The molecule has 1 aliphatic heterocycles. The van der Waals surface area contributed by atoms with Gasteiger partial charge in [0.2, 0.25) is 0 Å². The molecule has 0 radical (unpaired) electrons. The van der Waals surface area contributed by atoms with Gasteiger partial charge < -0.3 is 9.47 Å². The van der Waals surface area contributed by atoms with Crippen LogP contribution in [-0.4, -0.2) is 25.0 Å². The number of hydrogen-bond acceptors (Lipinski definition) is 5. The zero-order valence-electron chi connectivity index (χ0n) is 20.6. The van der Waals surface area contributed by atoms with E-state index in [0.717, 1.165) is 21.6 Å². The molecule has 3 aromatic carbocycles. The van der Waals surface area contributed by atoms with Gasteiger partial charge in [-0.25, -0.2) is 9.69 Å². The Bertz CT molecular complexity index is 1440. The second kappa shape index (κ2) is 10.7. The number of urea groups is 1. The van der Waals surface area contributed by atoms with E-state index in [-0.39, 0.29) is 22.9 Å². The number of amides is 4. The summed E-state index contributed by atoms with van der Waals surface area (Å²) in [4.78, 5) is 39.3. The number of nitrogens with zero attached hydrogens (tertiary/aromatic N) is 1. The van der Waals surface area contributed by atoms with Crippen molar-refractivity contribution in [2.45, 2.75) is 27.4 Å². The van der Waals surface area contributed by atoms with Crippen molar-refractivity contribution in [3.05, 3.63) is 92.0 Å². The van der Waals surface area contributed by atoms with E-state index in [1.807, 2.05) is 26.0 Å². The van der Waals surface area contributed by atoms with Crippen molar-refractivity contribution in [1.29, 1.82) is 0 Å². The number of imide groups is 2. The van der Waals surface area contributed by atoms with Gasteiger partial charge in [-0.3, -0.25) is 14.9 Å². The first kappa shape index (κ1) is 26.3. The van der Waals surface area contributed by atoms with Crippen molar-refractivity contribution in [2.75, 3.05) is 12.0 Å². The molecule has 4 rings (SSSR count). The fraction of sp³-hybridized carbons (Fsp3) is 0.179. The largest absolute Gasteiger partial charge is 0.493 e. The van der Waals surface area contributed by atoms with Gasteiger partial charge in [-0.15, -0.1) is 0 Å². The lowest BCUT2D eigenvalue weighted by Gasteiger charge is -2.27. The van der Waals surface area contributed by atoms with Gasteiger partial charge in [0.1, 0.15) is 12.2 Å². The topological polar surface area (TPSA) is 84.9 Å². The highest BCUT2D eigenvalue weighted by Gasteiger charge is 2.37. The van der Waals surface area contributed by atoms with E-state index in [9.17, 15) is 14.4 Å². The van der Waals surface area contributed by atoms with Gasteiger partial charge in [0.05, 0.1) is 17.8 Å². The van der Waals surface area contributed by atoms with Crippen LogP contribution in [-0.2, 0) is 16.2 Å². The molecule has 0 spiro atoms. The van der Waals surface area contributed by atoms with Crippen LogP contribution < -0.4 is 19.7 Å². The second-order valence-corrected chi connectivity index (χ2v) is 9.55. The molecule has 0 unspecified atom stereocenters. The Morgan fingerprint density at radius 1 is 0.946 bits per heavy atom. The molecule has 1 aliphatic rings. The maximum atomic E-state index is 13.3. The number of carbonyl (C=O) groups is 3. The van der Waals surface area contributed by atoms with E-state index >= 15 is 0 Å². The number of halogens is 2. The lowest BCUT2D eigenvalue weighted by atomic mass is 10.1. The number of anilines is 1. The van der Waals surface area contributed by atoms with Gasteiger partial charge in [0.25, 0.3) is 11.8 Å². The summed E-state index contributed by atoms with van der Waals surface area (Å²) in [6, 6.07) is 13.2. The van der Waals surface area contributed by atoms with Gasteiger partial charge in [-0.2, -0.15) is 0 Å². The smallest absolute Gasteiger partial charge is 0.335 e. The average molecular weight is 539 g/mol. The summed E-state index contributed by atoms with van der Waals surface area (Å²) in [6.45, 7) is 6.03. The first-order chi connectivity index (χ1) is 17.6. The van der Waals surface area contributed by atoms with Gasteiger partial charge >= 0.3 is 6.03 Å². The summed E-state index contributed by atoms with van der Waals surface area (Å²) in [6.07, 6.45) is 1.35. The van der Waals surface area contributed by atoms with E-state index < -0.39 is 17.8 Å². The fourth-order valence-electron chi connectivity index (χ4n) is 4.14. The molecular formula is C28H24Cl2N2O5. The molecule has 37 heavy (non-hydrogen) atoms. The van der Waals surface area contributed by atoms with E-state index in [4.69, 9.17) is 32.7 Å². The monoisotopic (exact) mass is 538 g/mol. The molecule has 0 aromatic heterocycles. The summed E-state index contributed by atoms with van der Waals surface area (Å²) >= 11 is 12.6. The predicted octanol–water partition coefficient (Wildman–Crippen LogP) is 6.17. The van der Waals surface area contributed by atoms with Crippen molar-refractivity contribution in [3.8, 4) is 11.5 Å². The fourth-order valence-corrected chi connectivity index (χ4v) is 4.58. The number of rotatable bonds is 6. The number of barbiturate groups is 1. The van der Waals surface area contributed by atoms with Gasteiger partial charge in [-0.1, -0.05) is 58.6 Å². The summed E-state index contributed by atoms with van der Waals surface area (Å²) in [5, 5.41) is 2.78. The lowest BCUT2D eigenvalue weighted by molar-refractivity contribution is -0.122.